The van der Waals surface area contributed by atoms with Gasteiger partial charge in [-0.3, -0.25) is 4.72 Å². The molecule has 0 bridgehead atoms. The third-order valence-electron chi connectivity index (χ3n) is 2.75. The van der Waals surface area contributed by atoms with Crippen LogP contribution in [0.1, 0.15) is 13.3 Å². The highest BCUT2D eigenvalue weighted by Crippen LogP contribution is 2.22. The summed E-state index contributed by atoms with van der Waals surface area (Å²) in [6.07, 6.45) is 0.568. The lowest BCUT2D eigenvalue weighted by molar-refractivity contribution is 0.392. The van der Waals surface area contributed by atoms with E-state index in [0.717, 1.165) is 5.56 Å². The molecule has 0 spiro atoms. The number of nitrogens with one attached hydrogen (secondary N) is 1. The quantitative estimate of drug-likeness (QED) is 0.885. The van der Waals surface area contributed by atoms with Gasteiger partial charge in [0, 0.05) is 17.3 Å². The number of aromatic nitrogens is 2. The van der Waals surface area contributed by atoms with Gasteiger partial charge in [0.1, 0.15) is 0 Å². The normalized spacial score (nSPS) is 11.1. The Labute approximate surface area is 124 Å². The van der Waals surface area contributed by atoms with Crippen molar-refractivity contribution >= 4 is 15.7 Å². The Morgan fingerprint density at radius 1 is 1.19 bits per heavy atom. The van der Waals surface area contributed by atoms with Crippen LogP contribution >= 0.6 is 0 Å². The van der Waals surface area contributed by atoms with Gasteiger partial charge in [0.15, 0.2) is 0 Å². The van der Waals surface area contributed by atoms with Crippen LogP contribution in [0.25, 0.3) is 11.3 Å². The summed E-state index contributed by atoms with van der Waals surface area (Å²) in [5.41, 5.74) is 1.94. The summed E-state index contributed by atoms with van der Waals surface area (Å²) >= 11 is 0. The van der Waals surface area contributed by atoms with E-state index in [1.807, 2.05) is 13.0 Å². The van der Waals surface area contributed by atoms with Gasteiger partial charge in [-0.2, -0.15) is 0 Å². The van der Waals surface area contributed by atoms with Gasteiger partial charge in [-0.25, -0.2) is 8.42 Å². The first-order valence-corrected chi connectivity index (χ1v) is 8.18. The zero-order valence-corrected chi connectivity index (χ0v) is 12.7. The Morgan fingerprint density at radius 3 is 2.62 bits per heavy atom. The molecule has 2 rings (SSSR count). The molecule has 0 amide bonds. The molecule has 2 aromatic rings. The van der Waals surface area contributed by atoms with Gasteiger partial charge in [0.05, 0.1) is 18.6 Å². The number of ether oxygens (including phenoxy) is 1. The first-order chi connectivity index (χ1) is 10.0. The summed E-state index contributed by atoms with van der Waals surface area (Å²) in [5.74, 6) is 0.526. The molecule has 6 nitrogen and oxygen atoms in total. The molecule has 0 saturated carbocycles. The summed E-state index contributed by atoms with van der Waals surface area (Å²) in [5, 5.41) is 7.94. The fourth-order valence-electron chi connectivity index (χ4n) is 1.82. The molecule has 1 aromatic carbocycles. The molecule has 1 N–H and O–H groups in total. The Bertz CT molecular complexity index is 700. The molecule has 112 valence electrons. The van der Waals surface area contributed by atoms with Crippen molar-refractivity contribution in [3.8, 4) is 17.1 Å². The molecule has 1 aromatic heterocycles. The summed E-state index contributed by atoms with van der Waals surface area (Å²) in [4.78, 5) is 0. The fourth-order valence-corrected chi connectivity index (χ4v) is 2.95. The number of anilines is 1. The van der Waals surface area contributed by atoms with E-state index >= 15 is 0 Å². The number of methoxy groups -OCH3 is 1. The molecular formula is C14H17N3O3S. The standard InChI is InChI=1S/C14H17N3O3S/c1-3-9-21(18,19)17-12-6-4-5-11(10-12)13-7-8-14(20-2)16-15-13/h4-8,10,17H,3,9H2,1-2H3. The molecule has 7 heteroatoms. The molecule has 0 aliphatic rings. The van der Waals surface area contributed by atoms with Crippen LogP contribution in [0.3, 0.4) is 0 Å². The van der Waals surface area contributed by atoms with Gasteiger partial charge in [-0.15, -0.1) is 10.2 Å². The van der Waals surface area contributed by atoms with Crippen molar-refractivity contribution < 1.29 is 13.2 Å². The summed E-state index contributed by atoms with van der Waals surface area (Å²) in [7, 11) is -1.78. The minimum absolute atomic E-state index is 0.0968. The first kappa shape index (κ1) is 15.2. The largest absolute Gasteiger partial charge is 0.480 e. The molecule has 0 aliphatic heterocycles. The highest BCUT2D eigenvalue weighted by atomic mass is 32.2. The van der Waals surface area contributed by atoms with Crippen molar-refractivity contribution in [2.75, 3.05) is 17.6 Å². The fraction of sp³-hybridized carbons (Fsp3) is 0.286. The van der Waals surface area contributed by atoms with E-state index in [4.69, 9.17) is 4.74 Å². The van der Waals surface area contributed by atoms with Crippen molar-refractivity contribution in [3.05, 3.63) is 36.4 Å². The molecule has 0 aliphatic carbocycles. The Hall–Kier alpha value is -2.15. The van der Waals surface area contributed by atoms with Gasteiger partial charge in [-0.05, 0) is 24.6 Å². The second-order valence-corrected chi connectivity index (χ2v) is 6.30. The Balaban J connectivity index is 2.24. The lowest BCUT2D eigenvalue weighted by Gasteiger charge is -2.08. The van der Waals surface area contributed by atoms with Gasteiger partial charge in [-0.1, -0.05) is 19.1 Å². The van der Waals surface area contributed by atoms with Crippen LogP contribution in [0, 0.1) is 0 Å². The van der Waals surface area contributed by atoms with E-state index in [1.54, 1.807) is 30.3 Å². The lowest BCUT2D eigenvalue weighted by Crippen LogP contribution is -2.16. The van der Waals surface area contributed by atoms with Gasteiger partial charge >= 0.3 is 0 Å². The van der Waals surface area contributed by atoms with Crippen LogP contribution in [0.4, 0.5) is 5.69 Å². The smallest absolute Gasteiger partial charge is 0.233 e. The van der Waals surface area contributed by atoms with Crippen molar-refractivity contribution in [1.82, 2.24) is 10.2 Å². The van der Waals surface area contributed by atoms with E-state index in [1.165, 1.54) is 7.11 Å². The van der Waals surface area contributed by atoms with Crippen molar-refractivity contribution in [3.63, 3.8) is 0 Å². The van der Waals surface area contributed by atoms with Gasteiger partial charge in [0.2, 0.25) is 15.9 Å². The van der Waals surface area contributed by atoms with Gasteiger partial charge < -0.3 is 4.74 Å². The highest BCUT2D eigenvalue weighted by Gasteiger charge is 2.09. The maximum atomic E-state index is 11.8. The summed E-state index contributed by atoms with van der Waals surface area (Å²) in [6.45, 7) is 1.82. The van der Waals surface area contributed by atoms with E-state index in [0.29, 0.717) is 23.7 Å². The predicted octanol–water partition coefficient (Wildman–Crippen LogP) is 2.30. The lowest BCUT2D eigenvalue weighted by atomic mass is 10.1. The van der Waals surface area contributed by atoms with Crippen molar-refractivity contribution in [2.45, 2.75) is 13.3 Å². The topological polar surface area (TPSA) is 81.2 Å². The van der Waals surface area contributed by atoms with Crippen LogP contribution in [-0.4, -0.2) is 31.5 Å². The number of hydrogen-bond donors (Lipinski definition) is 1. The molecular weight excluding hydrogens is 290 g/mol. The summed E-state index contributed by atoms with van der Waals surface area (Å²) in [6, 6.07) is 10.5. The average molecular weight is 307 g/mol. The van der Waals surface area contributed by atoms with Crippen LogP contribution in [0.5, 0.6) is 5.88 Å². The van der Waals surface area contributed by atoms with E-state index in [-0.39, 0.29) is 5.75 Å². The second kappa shape index (κ2) is 6.53. The van der Waals surface area contributed by atoms with Crippen molar-refractivity contribution in [1.29, 1.82) is 0 Å². The SMILES string of the molecule is CCCS(=O)(=O)Nc1cccc(-c2ccc(OC)nn2)c1. The maximum Gasteiger partial charge on any atom is 0.233 e. The number of hydrogen-bond acceptors (Lipinski definition) is 5. The van der Waals surface area contributed by atoms with E-state index in [2.05, 4.69) is 14.9 Å². The number of nitrogens with zero attached hydrogens (tertiary/aromatic N) is 2. The maximum absolute atomic E-state index is 11.8. The highest BCUT2D eigenvalue weighted by molar-refractivity contribution is 7.92. The molecule has 0 saturated heterocycles. The minimum Gasteiger partial charge on any atom is -0.480 e. The number of sulfonamides is 1. The number of rotatable bonds is 6. The van der Waals surface area contributed by atoms with E-state index in [9.17, 15) is 8.42 Å². The van der Waals surface area contributed by atoms with Crippen molar-refractivity contribution in [2.24, 2.45) is 0 Å². The van der Waals surface area contributed by atoms with Crippen LogP contribution in [-0.2, 0) is 10.0 Å². The number of benzene rings is 1. The Morgan fingerprint density at radius 2 is 2.00 bits per heavy atom. The van der Waals surface area contributed by atoms with Crippen LogP contribution in [0.2, 0.25) is 0 Å². The predicted molar refractivity (Wildman–Crippen MR) is 81.7 cm³/mol. The average Bonchev–Trinajstić information content (AvgIpc) is 2.47. The van der Waals surface area contributed by atoms with E-state index < -0.39 is 10.0 Å². The zero-order valence-electron chi connectivity index (χ0n) is 11.9. The molecule has 0 fully saturated rings. The molecule has 21 heavy (non-hydrogen) atoms. The third kappa shape index (κ3) is 4.16. The molecule has 0 radical (unpaired) electrons. The monoisotopic (exact) mass is 307 g/mol. The van der Waals surface area contributed by atoms with Crippen LogP contribution in [0.15, 0.2) is 36.4 Å². The third-order valence-corrected chi connectivity index (χ3v) is 4.25. The summed E-state index contributed by atoms with van der Waals surface area (Å²) < 4.78 is 31.1. The molecule has 0 unspecified atom stereocenters. The molecule has 0 atom stereocenters. The van der Waals surface area contributed by atoms with Gasteiger partial charge in [0.25, 0.3) is 0 Å². The first-order valence-electron chi connectivity index (χ1n) is 6.52. The Kier molecular flexibility index (Phi) is 4.74. The zero-order chi connectivity index (χ0) is 15.3. The minimum atomic E-state index is -3.30. The second-order valence-electron chi connectivity index (χ2n) is 4.46. The molecule has 1 heterocycles. The van der Waals surface area contributed by atoms with Crippen LogP contribution < -0.4 is 9.46 Å².